The number of aliphatic carboxylic acids is 1. The van der Waals surface area contributed by atoms with Crippen LogP contribution in [0.25, 0.3) is 0 Å². The first-order valence-corrected chi connectivity index (χ1v) is 13.4. The number of carbonyl (C=O) groups is 1. The molecule has 40 heavy (non-hydrogen) atoms. The van der Waals surface area contributed by atoms with Gasteiger partial charge >= 0.3 is 5.97 Å². The standard InChI is InChI=1S/C31H28FNO7/c32-25-6-8-26(39-21-2-1-18(16-33)28(14-21)38-20-9-11-36-12-10-20)24-5-7-27(31(24)25)40-22-3-4-23-19(13-30(34)35)17-37-29(23)15-22/h1-4,6,8,14-15,19-20,27H,5,7,9-13,17H2,(H,34,35)/t19?,27-/m1/s1. The Balaban J connectivity index is 1.20. The van der Waals surface area contributed by atoms with E-state index in [2.05, 4.69) is 6.07 Å². The van der Waals surface area contributed by atoms with Gasteiger partial charge in [0, 0.05) is 47.6 Å². The lowest BCUT2D eigenvalue weighted by atomic mass is 9.98. The summed E-state index contributed by atoms with van der Waals surface area (Å²) in [7, 11) is 0. The number of halogens is 1. The highest BCUT2D eigenvalue weighted by atomic mass is 19.1. The van der Waals surface area contributed by atoms with Crippen LogP contribution in [-0.4, -0.2) is 37.0 Å². The second-order valence-corrected chi connectivity index (χ2v) is 10.2. The summed E-state index contributed by atoms with van der Waals surface area (Å²) < 4.78 is 44.7. The molecule has 0 aromatic heterocycles. The summed E-state index contributed by atoms with van der Waals surface area (Å²) in [5.74, 6) is 1.16. The molecule has 0 saturated carbocycles. The van der Waals surface area contributed by atoms with Gasteiger partial charge in [0.15, 0.2) is 0 Å². The maximum atomic E-state index is 15.1. The maximum absolute atomic E-state index is 15.1. The monoisotopic (exact) mass is 545 g/mol. The second kappa shape index (κ2) is 11.1. The molecular formula is C31H28FNO7. The predicted molar refractivity (Wildman–Crippen MR) is 141 cm³/mol. The van der Waals surface area contributed by atoms with Crippen LogP contribution >= 0.6 is 0 Å². The van der Waals surface area contributed by atoms with Gasteiger partial charge in [-0.2, -0.15) is 5.26 Å². The number of hydrogen-bond acceptors (Lipinski definition) is 7. The van der Waals surface area contributed by atoms with Crippen molar-refractivity contribution in [1.82, 2.24) is 0 Å². The Hall–Kier alpha value is -4.29. The summed E-state index contributed by atoms with van der Waals surface area (Å²) in [5, 5.41) is 18.7. The lowest BCUT2D eigenvalue weighted by Gasteiger charge is -2.24. The fourth-order valence-electron chi connectivity index (χ4n) is 5.59. The first-order chi connectivity index (χ1) is 19.5. The second-order valence-electron chi connectivity index (χ2n) is 10.2. The Labute approximate surface area is 230 Å². The molecule has 3 aromatic carbocycles. The number of nitriles is 1. The molecule has 2 aliphatic heterocycles. The van der Waals surface area contributed by atoms with E-state index in [0.29, 0.717) is 72.5 Å². The Kier molecular flexibility index (Phi) is 7.18. The highest BCUT2D eigenvalue weighted by molar-refractivity contribution is 5.69. The molecule has 0 amide bonds. The third-order valence-electron chi connectivity index (χ3n) is 7.57. The summed E-state index contributed by atoms with van der Waals surface area (Å²) in [5.41, 5.74) is 2.45. The minimum absolute atomic E-state index is 0.000406. The van der Waals surface area contributed by atoms with Crippen LogP contribution in [0.5, 0.6) is 28.7 Å². The molecule has 6 rings (SSSR count). The van der Waals surface area contributed by atoms with E-state index in [1.165, 1.54) is 6.07 Å². The average molecular weight is 546 g/mol. The lowest BCUT2D eigenvalue weighted by molar-refractivity contribution is -0.137. The number of carboxylic acid groups (broad SMARTS) is 1. The minimum Gasteiger partial charge on any atom is -0.492 e. The molecule has 0 radical (unpaired) electrons. The van der Waals surface area contributed by atoms with Gasteiger partial charge in [-0.25, -0.2) is 4.39 Å². The van der Waals surface area contributed by atoms with Gasteiger partial charge in [0.05, 0.1) is 31.8 Å². The molecule has 2 atom stereocenters. The van der Waals surface area contributed by atoms with Crippen LogP contribution in [0, 0.1) is 17.1 Å². The Morgan fingerprint density at radius 1 is 1.02 bits per heavy atom. The highest BCUT2D eigenvalue weighted by Crippen LogP contribution is 2.44. The quantitative estimate of drug-likeness (QED) is 0.364. The highest BCUT2D eigenvalue weighted by Gasteiger charge is 2.32. The van der Waals surface area contributed by atoms with E-state index >= 15 is 4.39 Å². The fourth-order valence-corrected chi connectivity index (χ4v) is 5.59. The van der Waals surface area contributed by atoms with Crippen molar-refractivity contribution >= 4 is 5.97 Å². The van der Waals surface area contributed by atoms with E-state index in [-0.39, 0.29) is 24.3 Å². The van der Waals surface area contributed by atoms with Crippen LogP contribution in [0.3, 0.4) is 0 Å². The van der Waals surface area contributed by atoms with Crippen molar-refractivity contribution in [1.29, 1.82) is 5.26 Å². The first kappa shape index (κ1) is 26.0. The zero-order chi connectivity index (χ0) is 27.6. The van der Waals surface area contributed by atoms with Crippen LogP contribution in [0.15, 0.2) is 48.5 Å². The van der Waals surface area contributed by atoms with E-state index in [9.17, 15) is 10.1 Å². The summed E-state index contributed by atoms with van der Waals surface area (Å²) in [4.78, 5) is 11.1. The van der Waals surface area contributed by atoms with Crippen molar-refractivity contribution in [3.63, 3.8) is 0 Å². The Bertz CT molecular complexity index is 1480. The van der Waals surface area contributed by atoms with Crippen molar-refractivity contribution in [3.8, 4) is 34.8 Å². The molecule has 1 N–H and O–H groups in total. The number of benzene rings is 3. The van der Waals surface area contributed by atoms with E-state index in [1.807, 2.05) is 6.07 Å². The third kappa shape index (κ3) is 5.27. The number of fused-ring (bicyclic) bond motifs is 2. The normalized spacial score (nSPS) is 19.7. The molecule has 0 bridgehead atoms. The molecular weight excluding hydrogens is 517 g/mol. The van der Waals surface area contributed by atoms with Gasteiger partial charge in [0.1, 0.15) is 52.8 Å². The van der Waals surface area contributed by atoms with Gasteiger partial charge in [-0.05, 0) is 43.2 Å². The summed E-state index contributed by atoms with van der Waals surface area (Å²) in [6.07, 6.45) is 2.09. The van der Waals surface area contributed by atoms with Crippen molar-refractivity contribution in [3.05, 3.63) is 76.6 Å². The zero-order valence-electron chi connectivity index (χ0n) is 21.7. The molecule has 1 aliphatic carbocycles. The maximum Gasteiger partial charge on any atom is 0.304 e. The van der Waals surface area contributed by atoms with Gasteiger partial charge in [0.25, 0.3) is 0 Å². The number of hydrogen-bond donors (Lipinski definition) is 1. The van der Waals surface area contributed by atoms with E-state index in [4.69, 9.17) is 28.8 Å². The lowest BCUT2D eigenvalue weighted by Crippen LogP contribution is -2.26. The molecule has 3 aromatic rings. The largest absolute Gasteiger partial charge is 0.492 e. The number of rotatable bonds is 8. The first-order valence-electron chi connectivity index (χ1n) is 13.4. The molecule has 1 unspecified atom stereocenters. The molecule has 1 saturated heterocycles. The zero-order valence-corrected chi connectivity index (χ0v) is 21.7. The number of nitrogens with zero attached hydrogens (tertiary/aromatic N) is 1. The third-order valence-corrected chi connectivity index (χ3v) is 7.57. The van der Waals surface area contributed by atoms with Crippen molar-refractivity contribution in [2.24, 2.45) is 0 Å². The summed E-state index contributed by atoms with van der Waals surface area (Å²) in [6, 6.07) is 15.6. The van der Waals surface area contributed by atoms with E-state index in [0.717, 1.165) is 24.0 Å². The fraction of sp³-hybridized carbons (Fsp3) is 0.355. The molecule has 8 nitrogen and oxygen atoms in total. The predicted octanol–water partition coefficient (Wildman–Crippen LogP) is 6.06. The van der Waals surface area contributed by atoms with Gasteiger partial charge in [-0.1, -0.05) is 6.07 Å². The average Bonchev–Trinajstić information content (AvgIpc) is 3.55. The van der Waals surface area contributed by atoms with Gasteiger partial charge in [-0.3, -0.25) is 4.79 Å². The molecule has 0 spiro atoms. The molecule has 1 fully saturated rings. The molecule has 206 valence electrons. The number of ether oxygens (including phenoxy) is 5. The van der Waals surface area contributed by atoms with Crippen molar-refractivity contribution in [2.45, 2.75) is 50.2 Å². The molecule has 2 heterocycles. The van der Waals surface area contributed by atoms with Crippen molar-refractivity contribution < 1.29 is 38.0 Å². The summed E-state index contributed by atoms with van der Waals surface area (Å²) >= 11 is 0. The Morgan fingerprint density at radius 3 is 2.65 bits per heavy atom. The van der Waals surface area contributed by atoms with Crippen LogP contribution in [0.2, 0.25) is 0 Å². The van der Waals surface area contributed by atoms with Crippen molar-refractivity contribution in [2.75, 3.05) is 19.8 Å². The molecule has 3 aliphatic rings. The molecule has 9 heteroatoms. The topological polar surface area (TPSA) is 107 Å². The van der Waals surface area contributed by atoms with Gasteiger partial charge in [0.2, 0.25) is 0 Å². The van der Waals surface area contributed by atoms with Crippen LogP contribution in [-0.2, 0) is 16.0 Å². The van der Waals surface area contributed by atoms with Crippen LogP contribution < -0.4 is 18.9 Å². The Morgan fingerprint density at radius 2 is 1.85 bits per heavy atom. The number of carboxylic acids is 1. The van der Waals surface area contributed by atoms with Gasteiger partial charge in [-0.15, -0.1) is 0 Å². The van der Waals surface area contributed by atoms with Crippen LogP contribution in [0.1, 0.15) is 60.0 Å². The van der Waals surface area contributed by atoms with E-state index in [1.54, 1.807) is 36.4 Å². The van der Waals surface area contributed by atoms with Crippen LogP contribution in [0.4, 0.5) is 4.39 Å². The minimum atomic E-state index is -0.873. The SMILES string of the molecule is N#Cc1ccc(Oc2ccc(F)c3c2CC[C@H]3Oc2ccc3c(c2)OCC3CC(=O)O)cc1OC1CCOCC1. The smallest absolute Gasteiger partial charge is 0.304 e. The summed E-state index contributed by atoms with van der Waals surface area (Å²) in [6.45, 7) is 1.55. The van der Waals surface area contributed by atoms with E-state index < -0.39 is 12.1 Å². The van der Waals surface area contributed by atoms with Gasteiger partial charge < -0.3 is 28.8 Å².